The van der Waals surface area contributed by atoms with Crippen molar-refractivity contribution in [3.8, 4) is 5.75 Å². The van der Waals surface area contributed by atoms with Gasteiger partial charge in [0.25, 0.3) is 0 Å². The van der Waals surface area contributed by atoms with Crippen LogP contribution in [-0.2, 0) is 0 Å². The fourth-order valence-corrected chi connectivity index (χ4v) is 0.974. The van der Waals surface area contributed by atoms with Crippen molar-refractivity contribution in [3.05, 3.63) is 29.8 Å². The summed E-state index contributed by atoms with van der Waals surface area (Å²) in [5.74, 6) is 0.143. The van der Waals surface area contributed by atoms with E-state index in [1.807, 2.05) is 0 Å². The number of ether oxygens (including phenoxy) is 1. The van der Waals surface area contributed by atoms with Crippen LogP contribution >= 0.6 is 12.4 Å². The third-order valence-corrected chi connectivity index (χ3v) is 1.61. The van der Waals surface area contributed by atoms with Crippen LogP contribution in [0.25, 0.3) is 0 Å². The Hall–Kier alpha value is -0.870. The van der Waals surface area contributed by atoms with E-state index in [0.29, 0.717) is 0 Å². The first-order valence-electron chi connectivity index (χ1n) is 3.90. The van der Waals surface area contributed by atoms with Crippen LogP contribution in [0.2, 0.25) is 0 Å². The van der Waals surface area contributed by atoms with Crippen molar-refractivity contribution >= 4 is 12.4 Å². The fraction of sp³-hybridized carbons (Fsp3) is 0.333. The highest BCUT2D eigenvalue weighted by Gasteiger charge is 2.05. The summed E-state index contributed by atoms with van der Waals surface area (Å²) >= 11 is 0. The lowest BCUT2D eigenvalue weighted by atomic mass is 10.1. The number of nitrogens with two attached hydrogens (primary N) is 1. The van der Waals surface area contributed by atoms with E-state index in [-0.39, 0.29) is 24.2 Å². The fourth-order valence-electron chi connectivity index (χ4n) is 0.974. The molecule has 0 unspecified atom stereocenters. The van der Waals surface area contributed by atoms with Crippen molar-refractivity contribution in [2.24, 2.45) is 5.73 Å². The zero-order valence-electron chi connectivity index (χ0n) is 7.61. The highest BCUT2D eigenvalue weighted by Crippen LogP contribution is 2.18. The maximum atomic E-state index is 11.8. The summed E-state index contributed by atoms with van der Waals surface area (Å²) in [5, 5.41) is 0. The summed E-state index contributed by atoms with van der Waals surface area (Å²) in [6.07, 6.45) is 0. The Morgan fingerprint density at radius 1 is 1.36 bits per heavy atom. The van der Waals surface area contributed by atoms with Crippen LogP contribution < -0.4 is 10.5 Å². The van der Waals surface area contributed by atoms with Crippen LogP contribution in [0.5, 0.6) is 5.75 Å². The molecule has 0 aliphatic rings. The monoisotopic (exact) mass is 223 g/mol. The van der Waals surface area contributed by atoms with Gasteiger partial charge < -0.3 is 10.5 Å². The van der Waals surface area contributed by atoms with E-state index in [0.717, 1.165) is 5.56 Å². The Bertz CT molecular complexity index is 281. The minimum Gasteiger partial charge on any atom is -0.435 e. The van der Waals surface area contributed by atoms with Gasteiger partial charge in [-0.1, -0.05) is 12.1 Å². The molecule has 0 aliphatic carbocycles. The molecule has 0 saturated carbocycles. The van der Waals surface area contributed by atoms with Gasteiger partial charge in [0.05, 0.1) is 0 Å². The van der Waals surface area contributed by atoms with Gasteiger partial charge in [0, 0.05) is 6.04 Å². The molecule has 2 N–H and O–H groups in total. The summed E-state index contributed by atoms with van der Waals surface area (Å²) in [4.78, 5) is 0. The molecule has 0 radical (unpaired) electrons. The second-order valence-electron chi connectivity index (χ2n) is 2.74. The lowest BCUT2D eigenvalue weighted by Gasteiger charge is -2.08. The van der Waals surface area contributed by atoms with Crippen LogP contribution in [0.1, 0.15) is 18.5 Å². The Kier molecular flexibility index (Phi) is 5.42. The predicted octanol–water partition coefficient (Wildman–Crippen LogP) is 2.73. The number of rotatable bonds is 3. The molecule has 0 aliphatic heterocycles. The highest BCUT2D eigenvalue weighted by molar-refractivity contribution is 5.85. The predicted molar refractivity (Wildman–Crippen MR) is 52.9 cm³/mol. The highest BCUT2D eigenvalue weighted by atomic mass is 35.5. The molecule has 0 aromatic heterocycles. The first kappa shape index (κ1) is 13.1. The summed E-state index contributed by atoms with van der Waals surface area (Å²) in [6.45, 7) is -1.01. The quantitative estimate of drug-likeness (QED) is 0.855. The summed E-state index contributed by atoms with van der Waals surface area (Å²) in [5.41, 5.74) is 6.35. The molecule has 1 aromatic rings. The van der Waals surface area contributed by atoms with Crippen LogP contribution in [-0.4, -0.2) is 6.61 Å². The molecule has 80 valence electrons. The number of halogens is 3. The molecule has 0 amide bonds. The molecule has 0 fully saturated rings. The summed E-state index contributed by atoms with van der Waals surface area (Å²) in [7, 11) is 0. The third-order valence-electron chi connectivity index (χ3n) is 1.61. The number of alkyl halides is 2. The molecule has 1 aromatic carbocycles. The SMILES string of the molecule is C[C@@H](N)c1cccc(OC(F)F)c1.Cl. The molecule has 2 nitrogen and oxygen atoms in total. The van der Waals surface area contributed by atoms with E-state index >= 15 is 0 Å². The van der Waals surface area contributed by atoms with E-state index in [4.69, 9.17) is 5.73 Å². The molecule has 0 spiro atoms. The summed E-state index contributed by atoms with van der Waals surface area (Å²) < 4.78 is 27.8. The van der Waals surface area contributed by atoms with Gasteiger partial charge in [-0.25, -0.2) is 0 Å². The van der Waals surface area contributed by atoms with Crippen LogP contribution in [0.15, 0.2) is 24.3 Å². The van der Waals surface area contributed by atoms with Gasteiger partial charge in [-0.15, -0.1) is 12.4 Å². The zero-order valence-corrected chi connectivity index (χ0v) is 8.43. The van der Waals surface area contributed by atoms with E-state index in [1.165, 1.54) is 12.1 Å². The Morgan fingerprint density at radius 3 is 2.50 bits per heavy atom. The second-order valence-corrected chi connectivity index (χ2v) is 2.74. The smallest absolute Gasteiger partial charge is 0.387 e. The molecule has 0 saturated heterocycles. The van der Waals surface area contributed by atoms with E-state index in [2.05, 4.69) is 4.74 Å². The van der Waals surface area contributed by atoms with Crippen LogP contribution in [0.4, 0.5) is 8.78 Å². The summed E-state index contributed by atoms with van der Waals surface area (Å²) in [6, 6.07) is 6.20. The van der Waals surface area contributed by atoms with Crippen molar-refractivity contribution < 1.29 is 13.5 Å². The van der Waals surface area contributed by atoms with Crippen molar-refractivity contribution in [1.82, 2.24) is 0 Å². The van der Waals surface area contributed by atoms with Gasteiger partial charge >= 0.3 is 6.61 Å². The van der Waals surface area contributed by atoms with Gasteiger partial charge in [0.15, 0.2) is 0 Å². The average Bonchev–Trinajstić information content (AvgIpc) is 2.03. The van der Waals surface area contributed by atoms with Gasteiger partial charge in [0.1, 0.15) is 5.75 Å². The van der Waals surface area contributed by atoms with Gasteiger partial charge in [0.2, 0.25) is 0 Å². The third kappa shape index (κ3) is 3.89. The normalized spacial score (nSPS) is 12.1. The molecule has 14 heavy (non-hydrogen) atoms. The van der Waals surface area contributed by atoms with Crippen molar-refractivity contribution in [2.75, 3.05) is 0 Å². The first-order valence-corrected chi connectivity index (χ1v) is 3.90. The number of hydrogen-bond acceptors (Lipinski definition) is 2. The van der Waals surface area contributed by atoms with Crippen molar-refractivity contribution in [2.45, 2.75) is 19.6 Å². The Morgan fingerprint density at radius 2 is 2.00 bits per heavy atom. The first-order chi connectivity index (χ1) is 6.09. The van der Waals surface area contributed by atoms with Crippen molar-refractivity contribution in [3.63, 3.8) is 0 Å². The standard InChI is InChI=1S/C9H11F2NO.ClH/c1-6(12)7-3-2-4-8(5-7)13-9(10)11;/h2-6,9H,12H2,1H3;1H/t6-;/m1./s1. The Balaban J connectivity index is 0.00000169. The molecule has 0 bridgehead atoms. The van der Waals surface area contributed by atoms with Gasteiger partial charge in [-0.3, -0.25) is 0 Å². The molecular weight excluding hydrogens is 212 g/mol. The minimum atomic E-state index is -2.79. The van der Waals surface area contributed by atoms with E-state index in [9.17, 15) is 8.78 Å². The largest absolute Gasteiger partial charge is 0.435 e. The molecule has 1 atom stereocenters. The zero-order chi connectivity index (χ0) is 9.84. The second kappa shape index (κ2) is 5.78. The molecule has 5 heteroatoms. The molecular formula is C9H12ClF2NO. The lowest BCUT2D eigenvalue weighted by Crippen LogP contribution is -2.06. The molecule has 0 heterocycles. The lowest BCUT2D eigenvalue weighted by molar-refractivity contribution is -0.0498. The van der Waals surface area contributed by atoms with Crippen LogP contribution in [0.3, 0.4) is 0 Å². The van der Waals surface area contributed by atoms with Gasteiger partial charge in [-0.05, 0) is 24.6 Å². The van der Waals surface area contributed by atoms with Crippen molar-refractivity contribution in [1.29, 1.82) is 0 Å². The molecule has 1 rings (SSSR count). The average molecular weight is 224 g/mol. The maximum Gasteiger partial charge on any atom is 0.387 e. The number of benzene rings is 1. The van der Waals surface area contributed by atoms with E-state index in [1.54, 1.807) is 19.1 Å². The number of hydrogen-bond donors (Lipinski definition) is 1. The minimum absolute atomic E-state index is 0. The Labute approximate surface area is 87.5 Å². The topological polar surface area (TPSA) is 35.2 Å². The van der Waals surface area contributed by atoms with E-state index < -0.39 is 6.61 Å². The van der Waals surface area contributed by atoms with Crippen LogP contribution in [0, 0.1) is 0 Å². The maximum absolute atomic E-state index is 11.8. The van der Waals surface area contributed by atoms with Gasteiger partial charge in [-0.2, -0.15) is 8.78 Å².